The zero-order chi connectivity index (χ0) is 9.80. The van der Waals surface area contributed by atoms with E-state index in [2.05, 4.69) is 10.3 Å². The minimum atomic E-state index is 0.227. The Morgan fingerprint density at radius 2 is 2.50 bits per heavy atom. The molecule has 1 aromatic rings. The lowest BCUT2D eigenvalue weighted by Gasteiger charge is -2.23. The van der Waals surface area contributed by atoms with E-state index in [0.29, 0.717) is 10.9 Å². The van der Waals surface area contributed by atoms with Crippen LogP contribution in [0.25, 0.3) is 0 Å². The molecule has 0 spiro atoms. The molecular weight excluding hydrogens is 200 g/mol. The largest absolute Gasteiger partial charge is 0.486 e. The fourth-order valence-corrected chi connectivity index (χ4v) is 1.72. The van der Waals surface area contributed by atoms with E-state index in [0.717, 1.165) is 25.9 Å². The van der Waals surface area contributed by atoms with Crippen LogP contribution in [0.4, 0.5) is 0 Å². The number of aromatic nitrogens is 1. The lowest BCUT2D eigenvalue weighted by Crippen LogP contribution is -2.37. The molecule has 2 rings (SSSR count). The van der Waals surface area contributed by atoms with Crippen LogP contribution in [0.1, 0.15) is 12.8 Å². The molecule has 3 nitrogen and oxygen atoms in total. The molecule has 76 valence electrons. The van der Waals surface area contributed by atoms with Crippen LogP contribution in [-0.4, -0.2) is 24.2 Å². The molecule has 1 fully saturated rings. The average Bonchev–Trinajstić information content (AvgIpc) is 2.23. The highest BCUT2D eigenvalue weighted by molar-refractivity contribution is 6.30. The van der Waals surface area contributed by atoms with E-state index in [1.807, 2.05) is 12.1 Å². The van der Waals surface area contributed by atoms with E-state index in [-0.39, 0.29) is 6.10 Å². The molecule has 4 heteroatoms. The van der Waals surface area contributed by atoms with Crippen LogP contribution in [0.15, 0.2) is 18.3 Å². The summed E-state index contributed by atoms with van der Waals surface area (Å²) >= 11 is 5.89. The molecular formula is C10H13ClN2O. The fraction of sp³-hybridized carbons (Fsp3) is 0.500. The highest BCUT2D eigenvalue weighted by Crippen LogP contribution is 2.22. The smallest absolute Gasteiger partial charge is 0.171 e. The van der Waals surface area contributed by atoms with Gasteiger partial charge in [-0.15, -0.1) is 0 Å². The van der Waals surface area contributed by atoms with E-state index in [9.17, 15) is 0 Å². The number of piperidine rings is 1. The molecule has 1 atom stereocenters. The molecule has 1 N–H and O–H groups in total. The zero-order valence-corrected chi connectivity index (χ0v) is 8.63. The second-order valence-electron chi connectivity index (χ2n) is 3.38. The Bertz CT molecular complexity index is 300. The number of nitrogens with zero attached hydrogens (tertiary/aromatic N) is 1. The quantitative estimate of drug-likeness (QED) is 0.760. The van der Waals surface area contributed by atoms with Crippen molar-refractivity contribution in [1.82, 2.24) is 10.3 Å². The number of ether oxygens (including phenoxy) is 1. The van der Waals surface area contributed by atoms with Crippen molar-refractivity contribution in [1.29, 1.82) is 0 Å². The summed E-state index contributed by atoms with van der Waals surface area (Å²) in [6.45, 7) is 1.98. The first-order chi connectivity index (χ1) is 6.86. The molecule has 0 aromatic carbocycles. The zero-order valence-electron chi connectivity index (χ0n) is 7.87. The summed E-state index contributed by atoms with van der Waals surface area (Å²) in [7, 11) is 0. The average molecular weight is 213 g/mol. The third kappa shape index (κ3) is 2.36. The summed E-state index contributed by atoms with van der Waals surface area (Å²) in [6, 6.07) is 3.68. The highest BCUT2D eigenvalue weighted by Gasteiger charge is 2.15. The molecule has 1 aliphatic rings. The summed E-state index contributed by atoms with van der Waals surface area (Å²) in [4.78, 5) is 3.96. The van der Waals surface area contributed by atoms with E-state index in [4.69, 9.17) is 16.3 Å². The van der Waals surface area contributed by atoms with Crippen molar-refractivity contribution in [3.8, 4) is 5.75 Å². The molecule has 1 saturated heterocycles. The summed E-state index contributed by atoms with van der Waals surface area (Å²) in [5, 5.41) is 3.73. The van der Waals surface area contributed by atoms with Gasteiger partial charge in [-0.05, 0) is 31.5 Å². The van der Waals surface area contributed by atoms with Gasteiger partial charge in [0.15, 0.2) is 10.9 Å². The normalized spacial score (nSPS) is 21.9. The van der Waals surface area contributed by atoms with Crippen LogP contribution >= 0.6 is 11.6 Å². The van der Waals surface area contributed by atoms with Gasteiger partial charge in [0.1, 0.15) is 6.10 Å². The SMILES string of the molecule is Clc1ncccc1O[C@@H]1CCCNC1. The number of nitrogens with one attached hydrogen (secondary N) is 1. The maximum absolute atomic E-state index is 5.89. The van der Waals surface area contributed by atoms with E-state index >= 15 is 0 Å². The summed E-state index contributed by atoms with van der Waals surface area (Å²) < 4.78 is 5.73. The van der Waals surface area contributed by atoms with Gasteiger partial charge in [-0.2, -0.15) is 0 Å². The van der Waals surface area contributed by atoms with Gasteiger partial charge in [-0.3, -0.25) is 0 Å². The van der Waals surface area contributed by atoms with Crippen molar-refractivity contribution in [2.75, 3.05) is 13.1 Å². The lowest BCUT2D eigenvalue weighted by atomic mass is 10.1. The minimum Gasteiger partial charge on any atom is -0.486 e. The Morgan fingerprint density at radius 1 is 1.57 bits per heavy atom. The lowest BCUT2D eigenvalue weighted by molar-refractivity contribution is 0.166. The van der Waals surface area contributed by atoms with Crippen LogP contribution in [0.3, 0.4) is 0 Å². The fourth-order valence-electron chi connectivity index (χ4n) is 1.56. The van der Waals surface area contributed by atoms with Gasteiger partial charge in [-0.25, -0.2) is 4.98 Å². The number of hydrogen-bond donors (Lipinski definition) is 1. The Hall–Kier alpha value is -0.800. The van der Waals surface area contributed by atoms with Crippen LogP contribution in [-0.2, 0) is 0 Å². The second-order valence-corrected chi connectivity index (χ2v) is 3.74. The van der Waals surface area contributed by atoms with Gasteiger partial charge in [0, 0.05) is 12.7 Å². The van der Waals surface area contributed by atoms with Crippen LogP contribution in [0, 0.1) is 0 Å². The van der Waals surface area contributed by atoms with E-state index in [1.165, 1.54) is 0 Å². The monoisotopic (exact) mass is 212 g/mol. The first kappa shape index (κ1) is 9.74. The van der Waals surface area contributed by atoms with Crippen molar-refractivity contribution in [3.05, 3.63) is 23.5 Å². The molecule has 0 amide bonds. The molecule has 1 aliphatic heterocycles. The standard InChI is InChI=1S/C10H13ClN2O/c11-10-9(4-2-6-13-10)14-8-3-1-5-12-7-8/h2,4,6,8,12H,1,3,5,7H2/t8-/m1/s1. The number of halogens is 1. The summed E-state index contributed by atoms with van der Waals surface area (Å²) in [6.07, 6.45) is 4.13. The van der Waals surface area contributed by atoms with E-state index < -0.39 is 0 Å². The number of rotatable bonds is 2. The molecule has 14 heavy (non-hydrogen) atoms. The molecule has 0 bridgehead atoms. The number of pyridine rings is 1. The molecule has 1 aromatic heterocycles. The number of hydrogen-bond acceptors (Lipinski definition) is 3. The van der Waals surface area contributed by atoms with Gasteiger partial charge in [0.2, 0.25) is 0 Å². The first-order valence-electron chi connectivity index (χ1n) is 4.84. The predicted molar refractivity (Wildman–Crippen MR) is 55.8 cm³/mol. The highest BCUT2D eigenvalue weighted by atomic mass is 35.5. The molecule has 0 radical (unpaired) electrons. The van der Waals surface area contributed by atoms with Gasteiger partial charge in [0.05, 0.1) is 0 Å². The Labute approximate surface area is 88.4 Å². The van der Waals surface area contributed by atoms with Crippen molar-refractivity contribution in [2.45, 2.75) is 18.9 Å². The van der Waals surface area contributed by atoms with Gasteiger partial charge in [0.25, 0.3) is 0 Å². The Morgan fingerprint density at radius 3 is 3.21 bits per heavy atom. The van der Waals surface area contributed by atoms with Crippen LogP contribution in [0.5, 0.6) is 5.75 Å². The van der Waals surface area contributed by atoms with E-state index in [1.54, 1.807) is 6.20 Å². The topological polar surface area (TPSA) is 34.1 Å². The maximum atomic E-state index is 5.89. The van der Waals surface area contributed by atoms with Gasteiger partial charge < -0.3 is 10.1 Å². The maximum Gasteiger partial charge on any atom is 0.171 e. The second kappa shape index (κ2) is 4.62. The molecule has 0 unspecified atom stereocenters. The third-order valence-corrected chi connectivity index (χ3v) is 2.55. The van der Waals surface area contributed by atoms with Crippen molar-refractivity contribution < 1.29 is 4.74 Å². The third-order valence-electron chi connectivity index (χ3n) is 2.27. The molecule has 0 saturated carbocycles. The molecule has 2 heterocycles. The summed E-state index contributed by atoms with van der Waals surface area (Å²) in [5.41, 5.74) is 0. The van der Waals surface area contributed by atoms with Crippen LogP contribution < -0.4 is 10.1 Å². The Kier molecular flexibility index (Phi) is 3.22. The van der Waals surface area contributed by atoms with Crippen molar-refractivity contribution >= 4 is 11.6 Å². The van der Waals surface area contributed by atoms with Gasteiger partial charge in [-0.1, -0.05) is 11.6 Å². The van der Waals surface area contributed by atoms with Crippen LogP contribution in [0.2, 0.25) is 5.15 Å². The van der Waals surface area contributed by atoms with Crippen molar-refractivity contribution in [2.24, 2.45) is 0 Å². The van der Waals surface area contributed by atoms with Crippen molar-refractivity contribution in [3.63, 3.8) is 0 Å². The summed E-state index contributed by atoms with van der Waals surface area (Å²) in [5.74, 6) is 0.683. The Balaban J connectivity index is 1.99. The minimum absolute atomic E-state index is 0.227. The predicted octanol–water partition coefficient (Wildman–Crippen LogP) is 1.87. The first-order valence-corrected chi connectivity index (χ1v) is 5.22. The molecule has 0 aliphatic carbocycles. The van der Waals surface area contributed by atoms with Gasteiger partial charge >= 0.3 is 0 Å².